The molecule has 5 aromatic carbocycles. The van der Waals surface area contributed by atoms with Crippen molar-refractivity contribution in [3.8, 4) is 11.1 Å². The summed E-state index contributed by atoms with van der Waals surface area (Å²) in [5.41, 5.74) is 9.92. The molecule has 0 saturated carbocycles. The van der Waals surface area contributed by atoms with Crippen LogP contribution in [0.3, 0.4) is 0 Å². The van der Waals surface area contributed by atoms with Crippen molar-refractivity contribution in [2.45, 2.75) is 22.6 Å². The van der Waals surface area contributed by atoms with E-state index in [1.165, 1.54) is 54.7 Å². The Morgan fingerprint density at radius 1 is 0.735 bits per heavy atom. The van der Waals surface area contributed by atoms with Gasteiger partial charge in [0.15, 0.2) is 0 Å². The van der Waals surface area contributed by atoms with Gasteiger partial charge in [-0.3, -0.25) is 0 Å². The van der Waals surface area contributed by atoms with Crippen LogP contribution in [0.15, 0.2) is 114 Å². The Labute approximate surface area is 205 Å². The summed E-state index contributed by atoms with van der Waals surface area (Å²) in [5, 5.41) is 2.91. The average Bonchev–Trinajstić information content (AvgIpc) is 3.43. The van der Waals surface area contributed by atoms with Crippen molar-refractivity contribution >= 4 is 28.2 Å². The van der Waals surface area contributed by atoms with Gasteiger partial charge in [-0.15, -0.1) is 0 Å². The smallest absolute Gasteiger partial charge is 0.0903 e. The second-order valence-electron chi connectivity index (χ2n) is 9.38. The van der Waals surface area contributed by atoms with Crippen LogP contribution in [0.4, 0.5) is 5.69 Å². The third-order valence-electron chi connectivity index (χ3n) is 7.51. The second-order valence-corrected chi connectivity index (χ2v) is 10.5. The summed E-state index contributed by atoms with van der Waals surface area (Å²) in [7, 11) is 2.26. The molecule has 7 rings (SSSR count). The summed E-state index contributed by atoms with van der Waals surface area (Å²) in [6.07, 6.45) is 1.01. The van der Waals surface area contributed by atoms with Crippen molar-refractivity contribution in [1.82, 2.24) is 0 Å². The van der Waals surface area contributed by atoms with Crippen molar-refractivity contribution in [2.24, 2.45) is 0 Å². The summed E-state index contributed by atoms with van der Waals surface area (Å²) in [4.78, 5) is 3.86. The lowest BCUT2D eigenvalue weighted by atomic mass is 9.84. The predicted molar refractivity (Wildman–Crippen MR) is 145 cm³/mol. The molecule has 1 heterocycles. The van der Waals surface area contributed by atoms with Crippen molar-refractivity contribution in [3.63, 3.8) is 0 Å². The van der Waals surface area contributed by atoms with Crippen LogP contribution < -0.4 is 4.90 Å². The van der Waals surface area contributed by atoms with E-state index in [-0.39, 0.29) is 5.92 Å². The fourth-order valence-electron chi connectivity index (χ4n) is 5.86. The molecule has 0 amide bonds. The van der Waals surface area contributed by atoms with Gasteiger partial charge < -0.3 is 4.90 Å². The lowest BCUT2D eigenvalue weighted by Gasteiger charge is -2.32. The number of nitrogens with zero attached hydrogens (tertiary/aromatic N) is 1. The minimum atomic E-state index is 0.260. The lowest BCUT2D eigenvalue weighted by molar-refractivity contribution is 0.727. The minimum Gasteiger partial charge on any atom is -0.360 e. The Kier molecular flexibility index (Phi) is 4.56. The standard InChI is InChI=1S/C32H25NS/c1-33-29-15-6-7-16-30(29)34-32(33)31(24-18-17-21-9-2-3-10-22(21)19-24)27-14-8-13-26-25-12-5-4-11-23(25)20-28(26)27/h2-19,31-32H,20H2,1H3. The molecular formula is C32H25NS. The summed E-state index contributed by atoms with van der Waals surface area (Å²) in [6.45, 7) is 0. The Hall–Kier alpha value is -3.49. The highest BCUT2D eigenvalue weighted by Gasteiger charge is 2.37. The van der Waals surface area contributed by atoms with Crippen LogP contribution in [0.25, 0.3) is 21.9 Å². The van der Waals surface area contributed by atoms with Gasteiger partial charge in [-0.05, 0) is 62.7 Å². The molecule has 34 heavy (non-hydrogen) atoms. The summed E-state index contributed by atoms with van der Waals surface area (Å²) in [6, 6.07) is 40.4. The van der Waals surface area contributed by atoms with E-state index in [0.29, 0.717) is 5.37 Å². The Morgan fingerprint density at radius 3 is 2.41 bits per heavy atom. The highest BCUT2D eigenvalue weighted by Crippen LogP contribution is 2.51. The largest absolute Gasteiger partial charge is 0.360 e. The van der Waals surface area contributed by atoms with E-state index in [1.807, 2.05) is 11.8 Å². The summed E-state index contributed by atoms with van der Waals surface area (Å²) in [5.74, 6) is 0.260. The SMILES string of the molecule is CN1c2ccccc2SC1C(c1ccc2ccccc2c1)c1cccc2c1Cc1ccccc1-2. The first-order valence-corrected chi connectivity index (χ1v) is 12.8. The molecule has 1 nitrogen and oxygen atoms in total. The van der Waals surface area contributed by atoms with Gasteiger partial charge in [-0.25, -0.2) is 0 Å². The van der Waals surface area contributed by atoms with Crippen LogP contribution in [0.2, 0.25) is 0 Å². The zero-order chi connectivity index (χ0) is 22.6. The van der Waals surface area contributed by atoms with Gasteiger partial charge in [-0.1, -0.05) is 109 Å². The molecule has 164 valence electrons. The van der Waals surface area contributed by atoms with Crippen molar-refractivity contribution < 1.29 is 0 Å². The van der Waals surface area contributed by atoms with E-state index in [9.17, 15) is 0 Å². The molecule has 2 aliphatic rings. The molecule has 5 aromatic rings. The average molecular weight is 456 g/mol. The number of thioether (sulfide) groups is 1. The number of likely N-dealkylation sites (N-methyl/N-ethyl adjacent to an activating group) is 1. The van der Waals surface area contributed by atoms with E-state index in [0.717, 1.165) is 6.42 Å². The maximum atomic E-state index is 2.49. The molecular weight excluding hydrogens is 430 g/mol. The molecule has 0 N–H and O–H groups in total. The van der Waals surface area contributed by atoms with Crippen LogP contribution in [-0.2, 0) is 6.42 Å². The molecule has 0 spiro atoms. The van der Waals surface area contributed by atoms with Gasteiger partial charge in [0.2, 0.25) is 0 Å². The van der Waals surface area contributed by atoms with E-state index < -0.39 is 0 Å². The number of fused-ring (bicyclic) bond motifs is 5. The van der Waals surface area contributed by atoms with Crippen LogP contribution in [0.5, 0.6) is 0 Å². The first kappa shape index (κ1) is 19.9. The van der Waals surface area contributed by atoms with Crippen molar-refractivity contribution in [1.29, 1.82) is 0 Å². The summed E-state index contributed by atoms with van der Waals surface area (Å²) >= 11 is 2.00. The lowest BCUT2D eigenvalue weighted by Crippen LogP contribution is -2.32. The Morgan fingerprint density at radius 2 is 1.50 bits per heavy atom. The van der Waals surface area contributed by atoms with Crippen LogP contribution in [0.1, 0.15) is 28.2 Å². The molecule has 0 saturated heterocycles. The van der Waals surface area contributed by atoms with Crippen molar-refractivity contribution in [3.05, 3.63) is 131 Å². The van der Waals surface area contributed by atoms with Crippen LogP contribution in [-0.4, -0.2) is 12.4 Å². The highest BCUT2D eigenvalue weighted by molar-refractivity contribution is 8.00. The van der Waals surface area contributed by atoms with E-state index >= 15 is 0 Å². The zero-order valence-electron chi connectivity index (χ0n) is 19.1. The zero-order valence-corrected chi connectivity index (χ0v) is 19.9. The maximum Gasteiger partial charge on any atom is 0.0903 e. The van der Waals surface area contributed by atoms with Crippen molar-refractivity contribution in [2.75, 3.05) is 11.9 Å². The van der Waals surface area contributed by atoms with Gasteiger partial charge in [0, 0.05) is 17.9 Å². The van der Waals surface area contributed by atoms with E-state index in [4.69, 9.17) is 0 Å². The second kappa shape index (κ2) is 7.78. The number of para-hydroxylation sites is 1. The number of benzene rings is 5. The number of hydrogen-bond acceptors (Lipinski definition) is 2. The van der Waals surface area contributed by atoms with Gasteiger partial charge in [-0.2, -0.15) is 0 Å². The number of anilines is 1. The molecule has 2 atom stereocenters. The molecule has 2 unspecified atom stereocenters. The topological polar surface area (TPSA) is 3.24 Å². The molecule has 2 heteroatoms. The Balaban J connectivity index is 1.43. The quantitative estimate of drug-likeness (QED) is 0.265. The van der Waals surface area contributed by atoms with E-state index in [2.05, 4.69) is 121 Å². The third kappa shape index (κ3) is 3.02. The predicted octanol–water partition coefficient (Wildman–Crippen LogP) is 8.11. The maximum absolute atomic E-state index is 2.49. The fraction of sp³-hybridized carbons (Fsp3) is 0.125. The van der Waals surface area contributed by atoms with Gasteiger partial charge >= 0.3 is 0 Å². The molecule has 0 bridgehead atoms. The van der Waals surface area contributed by atoms with Crippen LogP contribution in [0, 0.1) is 0 Å². The normalized spacial score (nSPS) is 16.9. The Bertz CT molecular complexity index is 1550. The first-order chi connectivity index (χ1) is 16.8. The third-order valence-corrected chi connectivity index (χ3v) is 8.94. The minimum absolute atomic E-state index is 0.260. The highest BCUT2D eigenvalue weighted by atomic mass is 32.2. The number of rotatable bonds is 3. The molecule has 1 aliphatic heterocycles. The number of hydrogen-bond donors (Lipinski definition) is 0. The first-order valence-electron chi connectivity index (χ1n) is 12.0. The fourth-order valence-corrected chi connectivity index (χ4v) is 7.32. The molecule has 1 aliphatic carbocycles. The summed E-state index contributed by atoms with van der Waals surface area (Å²) < 4.78 is 0. The van der Waals surface area contributed by atoms with Gasteiger partial charge in [0.1, 0.15) is 0 Å². The molecule has 0 aromatic heterocycles. The van der Waals surface area contributed by atoms with Gasteiger partial charge in [0.25, 0.3) is 0 Å². The molecule has 0 radical (unpaired) electrons. The van der Waals surface area contributed by atoms with E-state index in [1.54, 1.807) is 0 Å². The van der Waals surface area contributed by atoms with Gasteiger partial charge in [0.05, 0.1) is 11.1 Å². The van der Waals surface area contributed by atoms with Crippen LogP contribution >= 0.6 is 11.8 Å². The monoisotopic (exact) mass is 455 g/mol. The molecule has 0 fully saturated rings.